The lowest BCUT2D eigenvalue weighted by atomic mass is 10.1. The Morgan fingerprint density at radius 2 is 1.51 bits per heavy atom. The van der Waals surface area contributed by atoms with Crippen molar-refractivity contribution in [3.63, 3.8) is 0 Å². The van der Waals surface area contributed by atoms with Gasteiger partial charge in [0.1, 0.15) is 12.6 Å². The number of benzene rings is 3. The summed E-state index contributed by atoms with van der Waals surface area (Å²) < 4.78 is 69.1. The minimum atomic E-state index is -4.89. The summed E-state index contributed by atoms with van der Waals surface area (Å²) in [5.41, 5.74) is -1.22. The smallest absolute Gasteiger partial charge is 0.352 e. The summed E-state index contributed by atoms with van der Waals surface area (Å²) in [5.74, 6) is -1.36. The molecule has 0 bridgehead atoms. The summed E-state index contributed by atoms with van der Waals surface area (Å²) >= 11 is 12.1. The number of nitrogens with zero attached hydrogens (tertiary/aromatic N) is 2. The van der Waals surface area contributed by atoms with Gasteiger partial charge in [-0.2, -0.15) is 13.2 Å². The molecular weight excluding hydrogens is 602 g/mol. The Labute approximate surface area is 246 Å². The van der Waals surface area contributed by atoms with Gasteiger partial charge in [-0.15, -0.1) is 0 Å². The van der Waals surface area contributed by atoms with Gasteiger partial charge in [0.25, 0.3) is 10.0 Å². The van der Waals surface area contributed by atoms with E-state index >= 15 is 0 Å². The molecule has 0 heterocycles. The first-order valence-electron chi connectivity index (χ1n) is 12.4. The van der Waals surface area contributed by atoms with Gasteiger partial charge in [-0.1, -0.05) is 59.6 Å². The van der Waals surface area contributed by atoms with Crippen LogP contribution in [0.5, 0.6) is 0 Å². The zero-order chi connectivity index (χ0) is 30.5. The normalized spacial score (nSPS) is 12.6. The second kappa shape index (κ2) is 13.1. The van der Waals surface area contributed by atoms with E-state index in [1.807, 2.05) is 0 Å². The molecule has 13 heteroatoms. The van der Waals surface area contributed by atoms with Crippen LogP contribution in [-0.2, 0) is 32.3 Å². The first-order valence-corrected chi connectivity index (χ1v) is 14.6. The van der Waals surface area contributed by atoms with Crippen LogP contribution in [0.4, 0.5) is 18.9 Å². The number of carbonyl (C=O) groups excluding carboxylic acids is 2. The van der Waals surface area contributed by atoms with Crippen molar-refractivity contribution in [3.05, 3.63) is 94.0 Å². The third-order valence-corrected chi connectivity index (χ3v) is 8.54. The lowest BCUT2D eigenvalue weighted by molar-refractivity contribution is -0.139. The van der Waals surface area contributed by atoms with Crippen molar-refractivity contribution in [1.29, 1.82) is 0 Å². The average Bonchev–Trinajstić information content (AvgIpc) is 2.90. The van der Waals surface area contributed by atoms with E-state index in [1.54, 1.807) is 44.2 Å². The molecule has 0 unspecified atom stereocenters. The quantitative estimate of drug-likeness (QED) is 0.291. The van der Waals surface area contributed by atoms with E-state index in [1.165, 1.54) is 31.2 Å². The molecule has 0 radical (unpaired) electrons. The monoisotopic (exact) mass is 629 g/mol. The Morgan fingerprint density at radius 1 is 0.902 bits per heavy atom. The molecule has 1 N–H and O–H groups in total. The van der Waals surface area contributed by atoms with Crippen molar-refractivity contribution in [2.45, 2.75) is 50.5 Å². The Kier molecular flexibility index (Phi) is 10.3. The van der Waals surface area contributed by atoms with E-state index in [-0.39, 0.29) is 17.5 Å². The highest BCUT2D eigenvalue weighted by Crippen LogP contribution is 2.38. The molecule has 2 amide bonds. The number of carbonyl (C=O) groups is 2. The van der Waals surface area contributed by atoms with Crippen LogP contribution in [0.1, 0.15) is 31.9 Å². The summed E-state index contributed by atoms with van der Waals surface area (Å²) in [5, 5.41) is 2.39. The maximum absolute atomic E-state index is 13.8. The average molecular weight is 631 g/mol. The Balaban J connectivity index is 2.12. The van der Waals surface area contributed by atoms with Crippen molar-refractivity contribution < 1.29 is 31.2 Å². The van der Waals surface area contributed by atoms with Gasteiger partial charge >= 0.3 is 6.18 Å². The standard InChI is InChI=1S/C28H28Cl2F3N3O4S/c1-18(2)34-27(38)19(3)35(16-20-9-7-8-12-24(20)29)26(37)17-36(41(39,40)22-10-5-4-6-11-22)21-13-14-25(30)23(15-21)28(31,32)33/h4-15,18-19H,16-17H2,1-3H3,(H,34,38)/t19-/m1/s1. The molecule has 3 aromatic carbocycles. The highest BCUT2D eigenvalue weighted by atomic mass is 35.5. The highest BCUT2D eigenvalue weighted by Gasteiger charge is 2.37. The molecule has 3 rings (SSSR count). The molecule has 1 atom stereocenters. The number of anilines is 1. The van der Waals surface area contributed by atoms with Crippen LogP contribution in [0.2, 0.25) is 10.0 Å². The largest absolute Gasteiger partial charge is 0.417 e. The number of halogens is 5. The van der Waals surface area contributed by atoms with Gasteiger partial charge in [-0.05, 0) is 62.7 Å². The minimum absolute atomic E-state index is 0.168. The molecule has 0 fully saturated rings. The molecule has 3 aromatic rings. The van der Waals surface area contributed by atoms with Crippen LogP contribution in [0, 0.1) is 0 Å². The summed E-state index contributed by atoms with van der Waals surface area (Å²) in [4.78, 5) is 27.7. The van der Waals surface area contributed by atoms with Crippen molar-refractivity contribution in [3.8, 4) is 0 Å². The molecule has 0 spiro atoms. The second-order valence-corrected chi connectivity index (χ2v) is 12.1. The number of rotatable bonds is 10. The third kappa shape index (κ3) is 7.93. The number of sulfonamides is 1. The fraction of sp³-hybridized carbons (Fsp3) is 0.286. The van der Waals surface area contributed by atoms with E-state index in [2.05, 4.69) is 5.32 Å². The van der Waals surface area contributed by atoms with Gasteiger partial charge < -0.3 is 10.2 Å². The number of alkyl halides is 3. The molecule has 0 aliphatic heterocycles. The van der Waals surface area contributed by atoms with Gasteiger partial charge in [-0.25, -0.2) is 8.42 Å². The predicted molar refractivity (Wildman–Crippen MR) is 152 cm³/mol. The van der Waals surface area contributed by atoms with Crippen LogP contribution in [0.15, 0.2) is 77.7 Å². The minimum Gasteiger partial charge on any atom is -0.352 e. The van der Waals surface area contributed by atoms with E-state index in [0.717, 1.165) is 17.0 Å². The summed E-state index contributed by atoms with van der Waals surface area (Å²) in [7, 11) is -4.55. The zero-order valence-electron chi connectivity index (χ0n) is 22.3. The number of nitrogens with one attached hydrogen (secondary N) is 1. The van der Waals surface area contributed by atoms with Gasteiger partial charge in [0.2, 0.25) is 11.8 Å². The van der Waals surface area contributed by atoms with Gasteiger partial charge in [0, 0.05) is 17.6 Å². The molecule has 0 aliphatic rings. The van der Waals surface area contributed by atoms with Gasteiger partial charge in [0.05, 0.1) is 21.2 Å². The lowest BCUT2D eigenvalue weighted by Crippen LogP contribution is -2.52. The molecule has 220 valence electrons. The number of hydrogen-bond donors (Lipinski definition) is 1. The molecule has 0 aromatic heterocycles. The Morgan fingerprint density at radius 3 is 2.10 bits per heavy atom. The SMILES string of the molecule is CC(C)NC(=O)[C@@H](C)N(Cc1ccccc1Cl)C(=O)CN(c1ccc(Cl)c(C(F)(F)F)c1)S(=O)(=O)c1ccccc1. The van der Waals surface area contributed by atoms with Crippen molar-refractivity contribution in [1.82, 2.24) is 10.2 Å². The molecular formula is C28H28Cl2F3N3O4S. The van der Waals surface area contributed by atoms with Crippen LogP contribution >= 0.6 is 23.2 Å². The topological polar surface area (TPSA) is 86.8 Å². The Bertz CT molecular complexity index is 1500. The van der Waals surface area contributed by atoms with Crippen LogP contribution < -0.4 is 9.62 Å². The molecule has 41 heavy (non-hydrogen) atoms. The predicted octanol–water partition coefficient (Wildman–Crippen LogP) is 6.15. The van der Waals surface area contributed by atoms with Crippen molar-refractivity contribution >= 4 is 50.7 Å². The van der Waals surface area contributed by atoms with Gasteiger partial charge in [0.15, 0.2) is 0 Å². The summed E-state index contributed by atoms with van der Waals surface area (Å²) in [6.07, 6.45) is -4.89. The van der Waals surface area contributed by atoms with Gasteiger partial charge in [-0.3, -0.25) is 13.9 Å². The van der Waals surface area contributed by atoms with E-state index in [4.69, 9.17) is 23.2 Å². The lowest BCUT2D eigenvalue weighted by Gasteiger charge is -2.32. The molecule has 0 aliphatic carbocycles. The first-order chi connectivity index (χ1) is 19.1. The number of hydrogen-bond acceptors (Lipinski definition) is 4. The third-order valence-electron chi connectivity index (χ3n) is 6.05. The van der Waals surface area contributed by atoms with Crippen molar-refractivity contribution in [2.75, 3.05) is 10.8 Å². The van der Waals surface area contributed by atoms with Crippen molar-refractivity contribution in [2.24, 2.45) is 0 Å². The zero-order valence-corrected chi connectivity index (χ0v) is 24.7. The number of amides is 2. The summed E-state index contributed by atoms with van der Waals surface area (Å²) in [6.45, 7) is 3.85. The van der Waals surface area contributed by atoms with E-state index < -0.39 is 56.9 Å². The molecule has 7 nitrogen and oxygen atoms in total. The Hall–Kier alpha value is -3.28. The maximum atomic E-state index is 13.8. The second-order valence-electron chi connectivity index (χ2n) is 9.44. The fourth-order valence-electron chi connectivity index (χ4n) is 3.93. The first kappa shape index (κ1) is 32.2. The molecule has 0 saturated carbocycles. The highest BCUT2D eigenvalue weighted by molar-refractivity contribution is 7.92. The van der Waals surface area contributed by atoms with E-state index in [9.17, 15) is 31.2 Å². The van der Waals surface area contributed by atoms with E-state index in [0.29, 0.717) is 21.0 Å². The van der Waals surface area contributed by atoms with Crippen LogP contribution in [0.25, 0.3) is 0 Å². The van der Waals surface area contributed by atoms with Crippen LogP contribution in [0.3, 0.4) is 0 Å². The fourth-order valence-corrected chi connectivity index (χ4v) is 5.78. The maximum Gasteiger partial charge on any atom is 0.417 e. The summed E-state index contributed by atoms with van der Waals surface area (Å²) in [6, 6.07) is 14.8. The van der Waals surface area contributed by atoms with Crippen LogP contribution in [-0.4, -0.2) is 43.8 Å². The molecule has 0 saturated heterocycles.